The number of nitrogens with one attached hydrogen (secondary N) is 1. The molecule has 0 radical (unpaired) electrons. The molecule has 1 aliphatic carbocycles. The molecule has 3 rings (SSSR count). The van der Waals surface area contributed by atoms with E-state index in [1.165, 1.54) is 0 Å². The summed E-state index contributed by atoms with van der Waals surface area (Å²) in [6, 6.07) is 10.0. The first-order valence-corrected chi connectivity index (χ1v) is 8.64. The van der Waals surface area contributed by atoms with Crippen molar-refractivity contribution in [2.24, 2.45) is 0 Å². The van der Waals surface area contributed by atoms with E-state index in [0.717, 1.165) is 31.4 Å². The monoisotopic (exact) mass is 340 g/mol. The molecule has 0 unspecified atom stereocenters. The summed E-state index contributed by atoms with van der Waals surface area (Å²) in [5.74, 6) is -0.0144. The van der Waals surface area contributed by atoms with Crippen molar-refractivity contribution in [1.82, 2.24) is 15.3 Å². The zero-order chi connectivity index (χ0) is 17.6. The van der Waals surface area contributed by atoms with Crippen LogP contribution in [0.2, 0.25) is 0 Å². The van der Waals surface area contributed by atoms with Crippen LogP contribution in [-0.2, 0) is 0 Å². The van der Waals surface area contributed by atoms with E-state index in [4.69, 9.17) is 4.74 Å². The quantitative estimate of drug-likeness (QED) is 0.906. The Bertz CT molecular complexity index is 698. The molecular weight excluding hydrogens is 316 g/mol. The molecule has 0 spiro atoms. The summed E-state index contributed by atoms with van der Waals surface area (Å²) in [5.41, 5.74) is 1.72. The summed E-state index contributed by atoms with van der Waals surface area (Å²) in [6.45, 7) is 0. The van der Waals surface area contributed by atoms with E-state index in [9.17, 15) is 4.79 Å². The number of carbonyl (C=O) groups excluding carboxylic acids is 1. The molecule has 6 heteroatoms. The van der Waals surface area contributed by atoms with Crippen molar-refractivity contribution < 1.29 is 9.53 Å². The lowest BCUT2D eigenvalue weighted by molar-refractivity contribution is 0.0885. The van der Waals surface area contributed by atoms with Gasteiger partial charge in [-0.15, -0.1) is 0 Å². The summed E-state index contributed by atoms with van der Waals surface area (Å²) in [5, 5.41) is 3.14. The fourth-order valence-electron chi connectivity index (χ4n) is 3.01. The third-order valence-electron chi connectivity index (χ3n) is 4.45. The van der Waals surface area contributed by atoms with Crippen LogP contribution in [0.5, 0.6) is 6.01 Å². The van der Waals surface area contributed by atoms with Crippen molar-refractivity contribution in [2.75, 3.05) is 19.0 Å². The Balaban J connectivity index is 1.50. The van der Waals surface area contributed by atoms with Gasteiger partial charge in [0.25, 0.3) is 5.91 Å². The lowest BCUT2D eigenvalue weighted by Crippen LogP contribution is -2.39. The van der Waals surface area contributed by atoms with Crippen LogP contribution in [0.25, 0.3) is 0 Å². The first-order valence-electron chi connectivity index (χ1n) is 8.64. The third kappa shape index (κ3) is 4.68. The number of carbonyl (C=O) groups is 1. The lowest BCUT2D eigenvalue weighted by atomic mass is 9.92. The van der Waals surface area contributed by atoms with E-state index in [2.05, 4.69) is 15.3 Å². The lowest BCUT2D eigenvalue weighted by Gasteiger charge is -2.29. The van der Waals surface area contributed by atoms with Gasteiger partial charge < -0.3 is 15.0 Å². The normalized spacial score (nSPS) is 19.9. The maximum atomic E-state index is 12.5. The maximum absolute atomic E-state index is 12.5. The van der Waals surface area contributed by atoms with Gasteiger partial charge in [0.15, 0.2) is 0 Å². The van der Waals surface area contributed by atoms with E-state index in [1.807, 2.05) is 43.3 Å². The minimum absolute atomic E-state index is 0.0144. The van der Waals surface area contributed by atoms with Crippen LogP contribution < -0.4 is 15.0 Å². The highest BCUT2D eigenvalue weighted by molar-refractivity contribution is 5.95. The number of hydrogen-bond donors (Lipinski definition) is 1. The summed E-state index contributed by atoms with van der Waals surface area (Å²) >= 11 is 0. The zero-order valence-electron chi connectivity index (χ0n) is 14.7. The Morgan fingerprint density at radius 2 is 1.84 bits per heavy atom. The van der Waals surface area contributed by atoms with Gasteiger partial charge in [0, 0.05) is 43.8 Å². The molecule has 0 saturated heterocycles. The Labute approximate surface area is 148 Å². The van der Waals surface area contributed by atoms with Crippen molar-refractivity contribution in [2.45, 2.75) is 37.8 Å². The molecule has 0 bridgehead atoms. The van der Waals surface area contributed by atoms with Gasteiger partial charge in [0.05, 0.1) is 0 Å². The van der Waals surface area contributed by atoms with Crippen LogP contribution in [0.4, 0.5) is 5.69 Å². The standard InChI is InChI=1S/C19H24N4O2/c1-23(2)16-6-3-5-14(13-16)18(24)22-15-7-9-17(10-8-15)25-19-20-11-4-12-21-19/h3-6,11-13,15,17H,7-10H2,1-2H3,(H,22,24). The second-order valence-electron chi connectivity index (χ2n) is 6.54. The molecule has 132 valence electrons. The molecule has 1 fully saturated rings. The Hall–Kier alpha value is -2.63. The fraction of sp³-hybridized carbons (Fsp3) is 0.421. The number of anilines is 1. The van der Waals surface area contributed by atoms with Gasteiger partial charge >= 0.3 is 6.01 Å². The van der Waals surface area contributed by atoms with Gasteiger partial charge in [-0.25, -0.2) is 9.97 Å². The smallest absolute Gasteiger partial charge is 0.316 e. The Morgan fingerprint density at radius 1 is 1.12 bits per heavy atom. The van der Waals surface area contributed by atoms with Crippen LogP contribution in [0, 0.1) is 0 Å². The summed E-state index contributed by atoms with van der Waals surface area (Å²) in [7, 11) is 3.93. The van der Waals surface area contributed by atoms with Gasteiger partial charge in [-0.05, 0) is 49.9 Å². The largest absolute Gasteiger partial charge is 0.460 e. The Kier molecular flexibility index (Phi) is 5.48. The number of hydrogen-bond acceptors (Lipinski definition) is 5. The second kappa shape index (κ2) is 7.96. The Morgan fingerprint density at radius 3 is 2.52 bits per heavy atom. The predicted octanol–water partition coefficient (Wildman–Crippen LogP) is 2.66. The molecule has 1 aromatic heterocycles. The van der Waals surface area contributed by atoms with Gasteiger partial charge in [0.2, 0.25) is 0 Å². The summed E-state index contributed by atoms with van der Waals surface area (Å²) in [4.78, 5) is 22.7. The molecule has 1 N–H and O–H groups in total. The number of benzene rings is 1. The van der Waals surface area contributed by atoms with E-state index in [1.54, 1.807) is 18.5 Å². The highest BCUT2D eigenvalue weighted by atomic mass is 16.5. The van der Waals surface area contributed by atoms with Crippen LogP contribution in [0.3, 0.4) is 0 Å². The average Bonchev–Trinajstić information content (AvgIpc) is 2.64. The number of ether oxygens (including phenoxy) is 1. The van der Waals surface area contributed by atoms with E-state index >= 15 is 0 Å². The van der Waals surface area contributed by atoms with Gasteiger partial charge in [0.1, 0.15) is 6.10 Å². The summed E-state index contributed by atoms with van der Waals surface area (Å²) < 4.78 is 5.79. The van der Waals surface area contributed by atoms with Crippen molar-refractivity contribution in [3.05, 3.63) is 48.3 Å². The number of rotatable bonds is 5. The second-order valence-corrected chi connectivity index (χ2v) is 6.54. The topological polar surface area (TPSA) is 67.4 Å². The highest BCUT2D eigenvalue weighted by Gasteiger charge is 2.24. The molecule has 25 heavy (non-hydrogen) atoms. The SMILES string of the molecule is CN(C)c1cccc(C(=O)NC2CCC(Oc3ncccn3)CC2)c1. The average molecular weight is 340 g/mol. The molecule has 1 aromatic carbocycles. The van der Waals surface area contributed by atoms with Crippen LogP contribution in [-0.4, -0.2) is 42.1 Å². The molecular formula is C19H24N4O2. The molecule has 2 aromatic rings. The van der Waals surface area contributed by atoms with Crippen LogP contribution >= 0.6 is 0 Å². The molecule has 0 aliphatic heterocycles. The van der Waals surface area contributed by atoms with Crippen molar-refractivity contribution >= 4 is 11.6 Å². The first-order chi connectivity index (χ1) is 12.1. The minimum Gasteiger partial charge on any atom is -0.460 e. The number of amides is 1. The van der Waals surface area contributed by atoms with E-state index in [-0.39, 0.29) is 18.1 Å². The fourth-order valence-corrected chi connectivity index (χ4v) is 3.01. The van der Waals surface area contributed by atoms with Crippen molar-refractivity contribution in [1.29, 1.82) is 0 Å². The van der Waals surface area contributed by atoms with Crippen LogP contribution in [0.15, 0.2) is 42.7 Å². The molecule has 1 saturated carbocycles. The van der Waals surface area contributed by atoms with E-state index in [0.29, 0.717) is 11.6 Å². The summed E-state index contributed by atoms with van der Waals surface area (Å²) in [6.07, 6.45) is 7.05. The number of aromatic nitrogens is 2. The zero-order valence-corrected chi connectivity index (χ0v) is 14.7. The molecule has 6 nitrogen and oxygen atoms in total. The molecule has 0 atom stereocenters. The van der Waals surface area contributed by atoms with E-state index < -0.39 is 0 Å². The number of nitrogens with zero attached hydrogens (tertiary/aromatic N) is 3. The highest BCUT2D eigenvalue weighted by Crippen LogP contribution is 2.22. The molecule has 1 aliphatic rings. The molecule has 1 amide bonds. The van der Waals surface area contributed by atoms with Gasteiger partial charge in [-0.3, -0.25) is 4.79 Å². The predicted molar refractivity (Wildman–Crippen MR) is 96.9 cm³/mol. The third-order valence-corrected chi connectivity index (χ3v) is 4.45. The van der Waals surface area contributed by atoms with Crippen LogP contribution in [0.1, 0.15) is 36.0 Å². The maximum Gasteiger partial charge on any atom is 0.316 e. The minimum atomic E-state index is -0.0144. The first kappa shape index (κ1) is 17.2. The van der Waals surface area contributed by atoms with Crippen molar-refractivity contribution in [3.63, 3.8) is 0 Å². The van der Waals surface area contributed by atoms with Gasteiger partial charge in [-0.2, -0.15) is 0 Å². The van der Waals surface area contributed by atoms with Gasteiger partial charge in [-0.1, -0.05) is 6.07 Å². The molecule has 1 heterocycles. The van der Waals surface area contributed by atoms with Crippen molar-refractivity contribution in [3.8, 4) is 6.01 Å².